The van der Waals surface area contributed by atoms with Crippen LogP contribution in [0.4, 0.5) is 0 Å². The van der Waals surface area contributed by atoms with Gasteiger partial charge in [-0.25, -0.2) is 7.69 Å². The van der Waals surface area contributed by atoms with Crippen molar-refractivity contribution in [3.63, 3.8) is 0 Å². The van der Waals surface area contributed by atoms with E-state index in [4.69, 9.17) is 10.0 Å². The summed E-state index contributed by atoms with van der Waals surface area (Å²) in [6, 6.07) is 63.3. The van der Waals surface area contributed by atoms with E-state index in [0.29, 0.717) is 0 Å². The van der Waals surface area contributed by atoms with Crippen LogP contribution in [-0.4, -0.2) is 7.69 Å². The molecule has 0 heterocycles. The van der Waals surface area contributed by atoms with Gasteiger partial charge in [0.1, 0.15) is 0 Å². The molecule has 0 saturated heterocycles. The molecule has 0 spiro atoms. The normalized spacial score (nSPS) is 9.71. The van der Waals surface area contributed by atoms with Gasteiger partial charge in [0.2, 0.25) is 0 Å². The molecule has 0 atom stereocenters. The SMILES string of the molecule is [O-][B][O-].c1ccc([C+](c2ccccc2)c2ccccc2)cc1.c1ccc([C+](c2ccccc2)c2ccccc2)cc1. The van der Waals surface area contributed by atoms with Crippen molar-refractivity contribution in [1.82, 2.24) is 0 Å². The van der Waals surface area contributed by atoms with Crippen molar-refractivity contribution in [3.8, 4) is 0 Å². The fraction of sp³-hybridized carbons (Fsp3) is 0. The van der Waals surface area contributed by atoms with E-state index in [1.165, 1.54) is 45.2 Å². The second-order valence-electron chi connectivity index (χ2n) is 9.04. The zero-order valence-electron chi connectivity index (χ0n) is 22.7. The van der Waals surface area contributed by atoms with Crippen LogP contribution in [0.2, 0.25) is 0 Å². The van der Waals surface area contributed by atoms with Crippen LogP contribution in [0.15, 0.2) is 182 Å². The maximum atomic E-state index is 8.25. The second-order valence-corrected chi connectivity index (χ2v) is 9.04. The Morgan fingerprint density at radius 2 is 0.390 bits per heavy atom. The van der Waals surface area contributed by atoms with Crippen LogP contribution in [-0.2, 0) is 0 Å². The average Bonchev–Trinajstić information content (AvgIpc) is 3.05. The summed E-state index contributed by atoms with van der Waals surface area (Å²) in [7, 11) is -0.500. The predicted octanol–water partition coefficient (Wildman–Crippen LogP) is 6.65. The van der Waals surface area contributed by atoms with E-state index in [-0.39, 0.29) is 0 Å². The fourth-order valence-electron chi connectivity index (χ4n) is 4.63. The first-order valence-corrected chi connectivity index (χ1v) is 13.4. The smallest absolute Gasteiger partial charge is 0.0631 e. The highest BCUT2D eigenvalue weighted by Gasteiger charge is 2.22. The summed E-state index contributed by atoms with van der Waals surface area (Å²) >= 11 is 0. The van der Waals surface area contributed by atoms with Crippen LogP contribution in [0.5, 0.6) is 0 Å². The summed E-state index contributed by atoms with van der Waals surface area (Å²) in [5.41, 5.74) is 7.50. The molecule has 197 valence electrons. The van der Waals surface area contributed by atoms with E-state index in [2.05, 4.69) is 182 Å². The van der Waals surface area contributed by atoms with Crippen molar-refractivity contribution in [2.45, 2.75) is 0 Å². The van der Waals surface area contributed by atoms with Crippen molar-refractivity contribution >= 4 is 7.69 Å². The van der Waals surface area contributed by atoms with E-state index in [0.717, 1.165) is 0 Å². The second kappa shape index (κ2) is 16.2. The van der Waals surface area contributed by atoms with Crippen LogP contribution in [0.1, 0.15) is 33.4 Å². The standard InChI is InChI=1S/2C19H15.BO2/c2*1-4-10-16(11-5-1)19(17-12-6-2-7-13-17)18-14-8-3-9-15-18;2-1-3/h2*1-15H;/q2*+1;-2. The number of benzene rings is 6. The lowest BCUT2D eigenvalue weighted by molar-refractivity contribution is -0.328. The molecule has 0 bridgehead atoms. The van der Waals surface area contributed by atoms with Gasteiger partial charge in [0.25, 0.3) is 0 Å². The summed E-state index contributed by atoms with van der Waals surface area (Å²) in [5, 5.41) is 16.5. The van der Waals surface area contributed by atoms with Crippen LogP contribution in [0.25, 0.3) is 0 Å². The molecule has 0 unspecified atom stereocenters. The Hall–Kier alpha value is -4.96. The molecule has 41 heavy (non-hydrogen) atoms. The van der Waals surface area contributed by atoms with Gasteiger partial charge in [-0.1, -0.05) is 36.4 Å². The van der Waals surface area contributed by atoms with Gasteiger partial charge in [-0.05, 0) is 146 Å². The highest BCUT2D eigenvalue weighted by atomic mass is 16.4. The molecule has 0 saturated carbocycles. The third kappa shape index (κ3) is 8.51. The molecule has 0 N–H and O–H groups in total. The summed E-state index contributed by atoms with van der Waals surface area (Å²) < 4.78 is 0. The Balaban J connectivity index is 0.000000173. The van der Waals surface area contributed by atoms with Crippen molar-refractivity contribution in [3.05, 3.63) is 227 Å². The molecule has 2 nitrogen and oxygen atoms in total. The minimum Gasteiger partial charge on any atom is -0.900 e. The topological polar surface area (TPSA) is 46.1 Å². The highest BCUT2D eigenvalue weighted by molar-refractivity contribution is 6.08. The van der Waals surface area contributed by atoms with Gasteiger partial charge in [-0.3, -0.25) is 0 Å². The third-order valence-electron chi connectivity index (χ3n) is 6.37. The maximum Gasteiger partial charge on any atom is 0.0631 e. The number of hydrogen-bond donors (Lipinski definition) is 0. The minimum absolute atomic E-state index is 0.500. The Morgan fingerprint density at radius 1 is 0.268 bits per heavy atom. The Kier molecular flexibility index (Phi) is 11.5. The van der Waals surface area contributed by atoms with E-state index in [1.807, 2.05) is 0 Å². The molecule has 6 aromatic carbocycles. The minimum atomic E-state index is -0.500. The highest BCUT2D eigenvalue weighted by Crippen LogP contribution is 2.31. The van der Waals surface area contributed by atoms with Gasteiger partial charge in [0.05, 0.1) is 45.2 Å². The molecular weight excluding hydrogens is 499 g/mol. The van der Waals surface area contributed by atoms with E-state index < -0.39 is 7.69 Å². The van der Waals surface area contributed by atoms with Crippen molar-refractivity contribution in [1.29, 1.82) is 0 Å². The Morgan fingerprint density at radius 3 is 0.512 bits per heavy atom. The van der Waals surface area contributed by atoms with Crippen LogP contribution in [0, 0.1) is 11.8 Å². The van der Waals surface area contributed by atoms with Crippen molar-refractivity contribution in [2.75, 3.05) is 0 Å². The molecule has 1 radical (unpaired) electrons. The molecule has 0 aliphatic rings. The monoisotopic (exact) mass is 529 g/mol. The predicted molar refractivity (Wildman–Crippen MR) is 166 cm³/mol. The fourth-order valence-corrected chi connectivity index (χ4v) is 4.63. The quantitative estimate of drug-likeness (QED) is 0.138. The first-order chi connectivity index (χ1) is 20.3. The first kappa shape index (κ1) is 29.0. The molecule has 0 aromatic heterocycles. The third-order valence-corrected chi connectivity index (χ3v) is 6.37. The zero-order chi connectivity index (χ0) is 28.5. The lowest BCUT2D eigenvalue weighted by Crippen LogP contribution is -2.26. The molecule has 0 fully saturated rings. The molecule has 0 amide bonds. The van der Waals surface area contributed by atoms with Gasteiger partial charge in [0.15, 0.2) is 0 Å². The summed E-state index contributed by atoms with van der Waals surface area (Å²) in [6.07, 6.45) is 0. The molecule has 0 aliphatic carbocycles. The summed E-state index contributed by atoms with van der Waals surface area (Å²) in [4.78, 5) is 0. The van der Waals surface area contributed by atoms with Crippen LogP contribution < -0.4 is 10.0 Å². The largest absolute Gasteiger partial charge is 0.900 e. The van der Waals surface area contributed by atoms with Gasteiger partial charge in [0, 0.05) is 0 Å². The van der Waals surface area contributed by atoms with E-state index in [1.54, 1.807) is 0 Å². The van der Waals surface area contributed by atoms with Crippen molar-refractivity contribution < 1.29 is 10.0 Å². The lowest BCUT2D eigenvalue weighted by atomic mass is 9.85. The molecule has 6 aromatic rings. The zero-order valence-corrected chi connectivity index (χ0v) is 22.7. The first-order valence-electron chi connectivity index (χ1n) is 13.4. The summed E-state index contributed by atoms with van der Waals surface area (Å²) in [6.45, 7) is 0. The van der Waals surface area contributed by atoms with Gasteiger partial charge in [-0.15, -0.1) is 0 Å². The maximum absolute atomic E-state index is 8.25. The lowest BCUT2D eigenvalue weighted by Gasteiger charge is -2.12. The molecule has 6 rings (SSSR count). The van der Waals surface area contributed by atoms with Crippen LogP contribution in [0.3, 0.4) is 0 Å². The van der Waals surface area contributed by atoms with Gasteiger partial charge >= 0.3 is 0 Å². The van der Waals surface area contributed by atoms with Gasteiger partial charge in [-0.2, -0.15) is 0 Å². The average molecular weight is 529 g/mol. The van der Waals surface area contributed by atoms with Gasteiger partial charge < -0.3 is 10.0 Å². The number of rotatable bonds is 6. The van der Waals surface area contributed by atoms with E-state index in [9.17, 15) is 0 Å². The molecule has 0 aliphatic heterocycles. The molecule has 3 heteroatoms. The van der Waals surface area contributed by atoms with Crippen LogP contribution >= 0.6 is 0 Å². The number of hydrogen-bond acceptors (Lipinski definition) is 2. The molecular formula is C38H30BO2. The van der Waals surface area contributed by atoms with Crippen molar-refractivity contribution in [2.24, 2.45) is 0 Å². The van der Waals surface area contributed by atoms with E-state index >= 15 is 0 Å². The summed E-state index contributed by atoms with van der Waals surface area (Å²) in [5.74, 6) is 2.56. The Labute approximate surface area is 244 Å². The Bertz CT molecular complexity index is 1190.